The monoisotopic (exact) mass is 414 g/mol. The van der Waals surface area contributed by atoms with Gasteiger partial charge < -0.3 is 18.9 Å². The van der Waals surface area contributed by atoms with E-state index in [1.54, 1.807) is 28.4 Å². The third kappa shape index (κ3) is 3.91. The molecule has 0 atom stereocenters. The van der Waals surface area contributed by atoms with Crippen LogP contribution in [0.5, 0.6) is 0 Å². The zero-order valence-electron chi connectivity index (χ0n) is 18.7. The maximum absolute atomic E-state index is 13.6. The van der Waals surface area contributed by atoms with E-state index >= 15 is 0 Å². The Morgan fingerprint density at radius 3 is 1.33 bits per heavy atom. The van der Waals surface area contributed by atoms with Gasteiger partial charge in [0.05, 0.1) is 5.54 Å². The molecule has 2 aromatic carbocycles. The van der Waals surface area contributed by atoms with E-state index in [0.29, 0.717) is 0 Å². The van der Waals surface area contributed by atoms with Crippen molar-refractivity contribution in [3.8, 4) is 0 Å². The molecule has 1 fully saturated rings. The van der Waals surface area contributed by atoms with Gasteiger partial charge in [0.2, 0.25) is 0 Å². The summed E-state index contributed by atoms with van der Waals surface area (Å²) >= 11 is 0. The highest BCUT2D eigenvalue weighted by Gasteiger charge is 2.53. The standard InChI is InChI=1S/C24H32NO5/c1-23(2)15-16-24(25(23)26,19-11-7-17(8-12-19)21(27-3)28-4)20-13-9-18(10-14-20)22(29-5)30-6/h7-14,21-22H,15-16H2,1-6H3. The van der Waals surface area contributed by atoms with Crippen molar-refractivity contribution in [2.75, 3.05) is 28.4 Å². The highest BCUT2D eigenvalue weighted by atomic mass is 16.7. The Hall–Kier alpha value is -1.80. The Kier molecular flexibility index (Phi) is 6.97. The third-order valence-corrected chi connectivity index (χ3v) is 6.17. The maximum Gasteiger partial charge on any atom is 0.183 e. The second-order valence-corrected chi connectivity index (χ2v) is 8.32. The van der Waals surface area contributed by atoms with Gasteiger partial charge in [0.25, 0.3) is 0 Å². The molecule has 1 radical (unpaired) electrons. The molecule has 0 N–H and O–H groups in total. The fraction of sp³-hybridized carbons (Fsp3) is 0.500. The second-order valence-electron chi connectivity index (χ2n) is 8.32. The quantitative estimate of drug-likeness (QED) is 0.584. The molecule has 2 aromatic rings. The number of benzene rings is 2. The Bertz CT molecular complexity index is 755. The van der Waals surface area contributed by atoms with Crippen molar-refractivity contribution in [2.24, 2.45) is 0 Å². The van der Waals surface area contributed by atoms with Crippen LogP contribution in [0.1, 0.15) is 61.5 Å². The first kappa shape index (κ1) is 22.9. The van der Waals surface area contributed by atoms with E-state index in [1.807, 2.05) is 62.4 Å². The molecule has 0 spiro atoms. The highest BCUT2D eigenvalue weighted by Crippen LogP contribution is 2.50. The number of methoxy groups -OCH3 is 4. The van der Waals surface area contributed by atoms with Crippen molar-refractivity contribution >= 4 is 0 Å². The fourth-order valence-corrected chi connectivity index (χ4v) is 4.47. The fourth-order valence-electron chi connectivity index (χ4n) is 4.47. The van der Waals surface area contributed by atoms with Crippen molar-refractivity contribution in [1.29, 1.82) is 0 Å². The summed E-state index contributed by atoms with van der Waals surface area (Å²) in [4.78, 5) is 0. The summed E-state index contributed by atoms with van der Waals surface area (Å²) in [6.45, 7) is 4.00. The van der Waals surface area contributed by atoms with Crippen LogP contribution in [0.25, 0.3) is 0 Å². The molecule has 0 amide bonds. The Morgan fingerprint density at radius 1 is 0.700 bits per heavy atom. The van der Waals surface area contributed by atoms with Crippen LogP contribution in [0, 0.1) is 0 Å². The van der Waals surface area contributed by atoms with Gasteiger partial charge in [0.1, 0.15) is 0 Å². The van der Waals surface area contributed by atoms with E-state index in [0.717, 1.165) is 35.1 Å². The normalized spacial score (nSPS) is 18.4. The molecular formula is C24H32NO5. The molecule has 3 rings (SSSR count). The molecule has 0 bridgehead atoms. The molecule has 1 aliphatic heterocycles. The summed E-state index contributed by atoms with van der Waals surface area (Å²) in [5.74, 6) is 0. The molecule has 1 aliphatic rings. The van der Waals surface area contributed by atoms with Crippen LogP contribution in [-0.4, -0.2) is 39.0 Å². The average molecular weight is 415 g/mol. The first-order valence-corrected chi connectivity index (χ1v) is 10.1. The Labute approximate surface area is 179 Å². The largest absolute Gasteiger partial charge is 0.352 e. The third-order valence-electron chi connectivity index (χ3n) is 6.17. The minimum Gasteiger partial charge on any atom is -0.352 e. The van der Waals surface area contributed by atoms with Crippen LogP contribution in [0.4, 0.5) is 0 Å². The van der Waals surface area contributed by atoms with Crippen LogP contribution in [0.15, 0.2) is 48.5 Å². The van der Waals surface area contributed by atoms with Crippen LogP contribution < -0.4 is 0 Å². The van der Waals surface area contributed by atoms with Crippen molar-refractivity contribution in [2.45, 2.75) is 50.3 Å². The van der Waals surface area contributed by atoms with E-state index in [4.69, 9.17) is 18.9 Å². The minimum absolute atomic E-state index is 0.433. The first-order chi connectivity index (χ1) is 14.3. The van der Waals surface area contributed by atoms with Gasteiger partial charge >= 0.3 is 0 Å². The molecule has 0 aliphatic carbocycles. The van der Waals surface area contributed by atoms with Crippen LogP contribution in [0.3, 0.4) is 0 Å². The second kappa shape index (κ2) is 9.14. The predicted molar refractivity (Wildman–Crippen MR) is 113 cm³/mol. The van der Waals surface area contributed by atoms with Gasteiger partial charge in [-0.15, -0.1) is 10.3 Å². The van der Waals surface area contributed by atoms with Crippen molar-refractivity contribution in [3.63, 3.8) is 0 Å². The van der Waals surface area contributed by atoms with E-state index in [2.05, 4.69) is 0 Å². The maximum atomic E-state index is 13.6. The van der Waals surface area contributed by atoms with Gasteiger partial charge in [0, 0.05) is 45.1 Å². The van der Waals surface area contributed by atoms with Crippen molar-refractivity contribution < 1.29 is 24.2 Å². The number of hydroxylamine groups is 2. The summed E-state index contributed by atoms with van der Waals surface area (Å²) in [7, 11) is 6.43. The Balaban J connectivity index is 2.06. The molecule has 1 saturated heterocycles. The molecule has 0 aromatic heterocycles. The molecule has 0 unspecified atom stereocenters. The van der Waals surface area contributed by atoms with E-state index in [1.165, 1.54) is 5.06 Å². The highest BCUT2D eigenvalue weighted by molar-refractivity contribution is 5.42. The van der Waals surface area contributed by atoms with Crippen LogP contribution >= 0.6 is 0 Å². The SMILES string of the molecule is COC(OC)c1ccc(C2(c3ccc(C(OC)OC)cc3)CCC(C)(C)N2[O])cc1. The number of hydrogen-bond donors (Lipinski definition) is 0. The molecule has 0 saturated carbocycles. The summed E-state index contributed by atoms with van der Waals surface area (Å²) in [5, 5.41) is 14.9. The van der Waals surface area contributed by atoms with E-state index in [-0.39, 0.29) is 0 Å². The Morgan fingerprint density at radius 2 is 1.07 bits per heavy atom. The average Bonchev–Trinajstić information content (AvgIpc) is 3.01. The van der Waals surface area contributed by atoms with E-state index in [9.17, 15) is 5.21 Å². The minimum atomic E-state index is -0.758. The van der Waals surface area contributed by atoms with Gasteiger partial charge in [-0.3, -0.25) is 0 Å². The lowest BCUT2D eigenvalue weighted by Gasteiger charge is -2.39. The van der Waals surface area contributed by atoms with E-state index < -0.39 is 23.7 Å². The zero-order chi connectivity index (χ0) is 21.9. The van der Waals surface area contributed by atoms with Gasteiger partial charge in [0.15, 0.2) is 12.6 Å². The number of nitrogens with zero attached hydrogens (tertiary/aromatic N) is 1. The molecule has 6 heteroatoms. The van der Waals surface area contributed by atoms with Crippen LogP contribution in [0.2, 0.25) is 0 Å². The van der Waals surface area contributed by atoms with Crippen molar-refractivity contribution in [3.05, 3.63) is 70.8 Å². The summed E-state index contributed by atoms with van der Waals surface area (Å²) < 4.78 is 21.4. The first-order valence-electron chi connectivity index (χ1n) is 10.1. The molecule has 1 heterocycles. The predicted octanol–water partition coefficient (Wildman–Crippen LogP) is 4.73. The lowest BCUT2D eigenvalue weighted by Crippen LogP contribution is -2.47. The number of rotatable bonds is 8. The topological polar surface area (TPSA) is 60.1 Å². The summed E-state index contributed by atoms with van der Waals surface area (Å²) in [5.41, 5.74) is 2.52. The zero-order valence-corrected chi connectivity index (χ0v) is 18.7. The molecule has 6 nitrogen and oxygen atoms in total. The van der Waals surface area contributed by atoms with Gasteiger partial charge in [-0.25, -0.2) is 0 Å². The number of ether oxygens (including phenoxy) is 4. The lowest BCUT2D eigenvalue weighted by molar-refractivity contribution is -0.246. The lowest BCUT2D eigenvalue weighted by atomic mass is 9.80. The molecular weight excluding hydrogens is 382 g/mol. The molecule has 163 valence electrons. The summed E-state index contributed by atoms with van der Waals surface area (Å²) in [6.07, 6.45) is 0.672. The van der Waals surface area contributed by atoms with Crippen LogP contribution in [-0.2, 0) is 29.7 Å². The molecule has 30 heavy (non-hydrogen) atoms. The summed E-state index contributed by atoms with van der Waals surface area (Å²) in [6, 6.07) is 15.9. The van der Waals surface area contributed by atoms with Gasteiger partial charge in [-0.05, 0) is 37.8 Å². The van der Waals surface area contributed by atoms with Crippen molar-refractivity contribution in [1.82, 2.24) is 5.06 Å². The number of hydrogen-bond acceptors (Lipinski definition) is 5. The van der Waals surface area contributed by atoms with Gasteiger partial charge in [-0.1, -0.05) is 48.5 Å². The van der Waals surface area contributed by atoms with Gasteiger partial charge in [-0.2, -0.15) is 0 Å². The smallest absolute Gasteiger partial charge is 0.183 e.